The summed E-state index contributed by atoms with van der Waals surface area (Å²) in [5.41, 5.74) is 1.57. The molecule has 1 aliphatic rings. The van der Waals surface area contributed by atoms with Gasteiger partial charge in [-0.1, -0.05) is 18.2 Å². The number of halogens is 1. The molecule has 0 bridgehead atoms. The number of nitrogens with zero attached hydrogens (tertiary/aromatic N) is 4. The van der Waals surface area contributed by atoms with Gasteiger partial charge in [0.1, 0.15) is 5.82 Å². The average molecular weight is 498 g/mol. The summed E-state index contributed by atoms with van der Waals surface area (Å²) in [7, 11) is 0. The van der Waals surface area contributed by atoms with Gasteiger partial charge in [-0.05, 0) is 29.1 Å². The molecule has 0 radical (unpaired) electrons. The molecule has 0 spiro atoms. The maximum Gasteiger partial charge on any atom is 0.258 e. The number of hydrogen-bond acceptors (Lipinski definition) is 7. The first kappa shape index (κ1) is 22.9. The van der Waals surface area contributed by atoms with Crippen LogP contribution in [0.25, 0.3) is 4.96 Å². The van der Waals surface area contributed by atoms with Gasteiger partial charge in [0.05, 0.1) is 18.3 Å². The highest BCUT2D eigenvalue weighted by Crippen LogP contribution is 2.26. The number of aromatic nitrogens is 2. The molecule has 1 fully saturated rings. The Morgan fingerprint density at radius 1 is 1.06 bits per heavy atom. The molecule has 176 valence electrons. The van der Waals surface area contributed by atoms with Crippen LogP contribution < -0.4 is 10.9 Å². The number of amides is 1. The minimum atomic E-state index is -0.299. The third-order valence-corrected chi connectivity index (χ3v) is 7.60. The van der Waals surface area contributed by atoms with Crippen molar-refractivity contribution >= 4 is 33.5 Å². The Bertz CT molecular complexity index is 1310. The van der Waals surface area contributed by atoms with E-state index >= 15 is 0 Å². The summed E-state index contributed by atoms with van der Waals surface area (Å²) in [6, 6.07) is 11.5. The molecule has 3 aromatic heterocycles. The summed E-state index contributed by atoms with van der Waals surface area (Å²) in [5, 5.41) is 6.95. The second-order valence-electron chi connectivity index (χ2n) is 8.26. The smallest absolute Gasteiger partial charge is 0.258 e. The van der Waals surface area contributed by atoms with Gasteiger partial charge in [-0.2, -0.15) is 0 Å². The third kappa shape index (κ3) is 5.25. The van der Waals surface area contributed by atoms with Crippen LogP contribution in [0, 0.1) is 5.82 Å². The second-order valence-corrected chi connectivity index (χ2v) is 10.1. The van der Waals surface area contributed by atoms with Crippen LogP contribution in [0.1, 0.15) is 22.2 Å². The Labute approximate surface area is 204 Å². The van der Waals surface area contributed by atoms with Crippen molar-refractivity contribution in [2.24, 2.45) is 0 Å². The molecule has 5 rings (SSSR count). The van der Waals surface area contributed by atoms with Gasteiger partial charge in [-0.3, -0.25) is 23.8 Å². The Morgan fingerprint density at radius 2 is 1.82 bits per heavy atom. The topological polar surface area (TPSA) is 70.0 Å². The Kier molecular flexibility index (Phi) is 6.82. The van der Waals surface area contributed by atoms with Crippen LogP contribution in [-0.2, 0) is 11.3 Å². The molecular formula is C24H24FN5O2S2. The van der Waals surface area contributed by atoms with E-state index in [0.29, 0.717) is 18.1 Å². The lowest BCUT2D eigenvalue weighted by Gasteiger charge is -2.34. The number of rotatable bonds is 7. The van der Waals surface area contributed by atoms with Gasteiger partial charge in [0, 0.05) is 55.2 Å². The van der Waals surface area contributed by atoms with E-state index in [0.717, 1.165) is 42.3 Å². The Balaban J connectivity index is 1.16. The van der Waals surface area contributed by atoms with Crippen LogP contribution in [-0.4, -0.2) is 57.8 Å². The summed E-state index contributed by atoms with van der Waals surface area (Å²) in [4.78, 5) is 35.8. The standard InChI is InChI=1S/C24H24FN5O2S2/c25-18-5-3-17(4-6-18)23(20-2-1-12-33-20)27-21(31)16-29-9-7-28(8-10-29)15-19-14-22(32)30-11-13-34-24(30)26-19/h1-6,11-14,23H,7-10,15-16H2,(H,27,31). The zero-order valence-corrected chi connectivity index (χ0v) is 20.0. The monoisotopic (exact) mass is 497 g/mol. The number of carbonyl (C=O) groups excluding carboxylic acids is 1. The Morgan fingerprint density at radius 3 is 2.56 bits per heavy atom. The van der Waals surface area contributed by atoms with Crippen molar-refractivity contribution in [3.05, 3.63) is 91.7 Å². The molecule has 1 N–H and O–H groups in total. The summed E-state index contributed by atoms with van der Waals surface area (Å²) in [6.07, 6.45) is 1.74. The van der Waals surface area contributed by atoms with E-state index < -0.39 is 0 Å². The van der Waals surface area contributed by atoms with Crippen LogP contribution >= 0.6 is 22.7 Å². The zero-order valence-electron chi connectivity index (χ0n) is 18.4. The highest BCUT2D eigenvalue weighted by Gasteiger charge is 2.23. The first-order valence-electron chi connectivity index (χ1n) is 11.0. The van der Waals surface area contributed by atoms with Gasteiger partial charge < -0.3 is 5.32 Å². The molecule has 1 unspecified atom stereocenters. The lowest BCUT2D eigenvalue weighted by molar-refractivity contribution is -0.123. The first-order chi connectivity index (χ1) is 16.5. The van der Waals surface area contributed by atoms with Gasteiger partial charge in [0.15, 0.2) is 4.96 Å². The van der Waals surface area contributed by atoms with Crippen LogP contribution in [0.4, 0.5) is 4.39 Å². The number of thiophene rings is 1. The molecule has 1 amide bonds. The summed E-state index contributed by atoms with van der Waals surface area (Å²) < 4.78 is 14.9. The number of hydrogen-bond donors (Lipinski definition) is 1. The lowest BCUT2D eigenvalue weighted by Crippen LogP contribution is -2.49. The second kappa shape index (κ2) is 10.1. The lowest BCUT2D eigenvalue weighted by atomic mass is 10.1. The van der Waals surface area contributed by atoms with Crippen molar-refractivity contribution in [1.82, 2.24) is 24.5 Å². The molecule has 7 nitrogen and oxygen atoms in total. The number of benzene rings is 1. The summed E-state index contributed by atoms with van der Waals surface area (Å²) in [6.45, 7) is 4.03. The van der Waals surface area contributed by atoms with Gasteiger partial charge in [0.2, 0.25) is 5.91 Å². The van der Waals surface area contributed by atoms with Crippen molar-refractivity contribution in [1.29, 1.82) is 0 Å². The van der Waals surface area contributed by atoms with Crippen molar-refractivity contribution < 1.29 is 9.18 Å². The zero-order chi connectivity index (χ0) is 23.5. The molecular weight excluding hydrogens is 473 g/mol. The van der Waals surface area contributed by atoms with E-state index in [1.807, 2.05) is 22.9 Å². The normalized spacial score (nSPS) is 16.0. The van der Waals surface area contributed by atoms with E-state index in [2.05, 4.69) is 20.1 Å². The minimum Gasteiger partial charge on any atom is -0.343 e. The average Bonchev–Trinajstić information content (AvgIpc) is 3.52. The van der Waals surface area contributed by atoms with Crippen LogP contribution in [0.2, 0.25) is 0 Å². The number of fused-ring (bicyclic) bond motifs is 1. The fourth-order valence-electron chi connectivity index (χ4n) is 4.14. The molecule has 0 aliphatic carbocycles. The van der Waals surface area contributed by atoms with Crippen molar-refractivity contribution in [2.45, 2.75) is 12.6 Å². The molecule has 10 heteroatoms. The van der Waals surface area contributed by atoms with Gasteiger partial charge >= 0.3 is 0 Å². The van der Waals surface area contributed by atoms with Crippen molar-refractivity contribution in [3.8, 4) is 0 Å². The molecule has 4 aromatic rings. The fourth-order valence-corrected chi connectivity index (χ4v) is 5.68. The highest BCUT2D eigenvalue weighted by molar-refractivity contribution is 7.15. The summed E-state index contributed by atoms with van der Waals surface area (Å²) in [5.74, 6) is -0.359. The molecule has 1 aromatic carbocycles. The number of piperazine rings is 1. The van der Waals surface area contributed by atoms with Crippen LogP contribution in [0.5, 0.6) is 0 Å². The minimum absolute atomic E-state index is 0.0574. The SMILES string of the molecule is O=C(CN1CCN(Cc2cc(=O)n3ccsc3n2)CC1)NC(c1ccc(F)cc1)c1cccs1. The van der Waals surface area contributed by atoms with Gasteiger partial charge in [-0.15, -0.1) is 22.7 Å². The predicted molar refractivity (Wildman–Crippen MR) is 132 cm³/mol. The van der Waals surface area contributed by atoms with Gasteiger partial charge in [-0.25, -0.2) is 9.37 Å². The quantitative estimate of drug-likeness (QED) is 0.425. The fraction of sp³-hybridized carbons (Fsp3) is 0.292. The molecule has 0 saturated carbocycles. The number of carbonyl (C=O) groups is 1. The molecule has 1 aliphatic heterocycles. The maximum absolute atomic E-state index is 13.4. The van der Waals surface area contributed by atoms with E-state index in [4.69, 9.17) is 0 Å². The first-order valence-corrected chi connectivity index (χ1v) is 12.8. The van der Waals surface area contributed by atoms with E-state index in [9.17, 15) is 14.0 Å². The maximum atomic E-state index is 13.4. The predicted octanol–water partition coefficient (Wildman–Crippen LogP) is 2.98. The van der Waals surface area contributed by atoms with E-state index in [1.54, 1.807) is 40.1 Å². The molecule has 1 atom stereocenters. The number of thiazole rings is 1. The highest BCUT2D eigenvalue weighted by atomic mass is 32.1. The van der Waals surface area contributed by atoms with Crippen LogP contribution in [0.15, 0.2) is 64.2 Å². The van der Waals surface area contributed by atoms with Crippen molar-refractivity contribution in [2.75, 3.05) is 32.7 Å². The van der Waals surface area contributed by atoms with Crippen LogP contribution in [0.3, 0.4) is 0 Å². The molecule has 1 saturated heterocycles. The van der Waals surface area contributed by atoms with E-state index in [-0.39, 0.29) is 23.3 Å². The third-order valence-electron chi connectivity index (χ3n) is 5.91. The number of nitrogens with one attached hydrogen (secondary N) is 1. The van der Waals surface area contributed by atoms with Gasteiger partial charge in [0.25, 0.3) is 5.56 Å². The Hall–Kier alpha value is -2.92. The summed E-state index contributed by atoms with van der Waals surface area (Å²) >= 11 is 3.01. The molecule has 34 heavy (non-hydrogen) atoms. The molecule has 4 heterocycles. The van der Waals surface area contributed by atoms with Crippen molar-refractivity contribution in [3.63, 3.8) is 0 Å². The largest absolute Gasteiger partial charge is 0.343 e. The van der Waals surface area contributed by atoms with E-state index in [1.165, 1.54) is 23.5 Å².